The summed E-state index contributed by atoms with van der Waals surface area (Å²) in [5, 5.41) is 18.3. The molecule has 51 heavy (non-hydrogen) atoms. The molecule has 3 N–H and O–H groups in total. The Kier molecular flexibility index (Phi) is 35.7. The molecule has 0 rings (SSSR count). The predicted molar refractivity (Wildman–Crippen MR) is 205 cm³/mol. The van der Waals surface area contributed by atoms with Crippen LogP contribution in [0.15, 0.2) is 24.3 Å². The van der Waals surface area contributed by atoms with Crippen molar-refractivity contribution < 1.29 is 47.8 Å². The first kappa shape index (κ1) is 49.5. The summed E-state index contributed by atoms with van der Waals surface area (Å²) < 4.78 is 32.6. The molecule has 0 fully saturated rings. The molecular weight excluding hydrogens is 671 g/mol. The first-order chi connectivity index (χ1) is 24.7. The molecule has 10 nitrogen and oxygen atoms in total. The van der Waals surface area contributed by atoms with Gasteiger partial charge in [-0.2, -0.15) is 0 Å². The molecule has 1 unspecified atom stereocenters. The van der Waals surface area contributed by atoms with Gasteiger partial charge in [0.05, 0.1) is 19.8 Å². The number of hydrogen-bond donors (Lipinski definition) is 3. The van der Waals surface area contributed by atoms with Crippen LogP contribution in [0.5, 0.6) is 0 Å². The molecule has 0 saturated carbocycles. The van der Waals surface area contributed by atoms with Crippen LogP contribution in [0.2, 0.25) is 0 Å². The van der Waals surface area contributed by atoms with Crippen LogP contribution in [-0.4, -0.2) is 65.7 Å². The molecule has 0 aromatic heterocycles. The fourth-order valence-electron chi connectivity index (χ4n) is 5.39. The zero-order valence-corrected chi connectivity index (χ0v) is 33.2. The van der Waals surface area contributed by atoms with Gasteiger partial charge in [0.2, 0.25) is 0 Å². The van der Waals surface area contributed by atoms with Gasteiger partial charge in [-0.05, 0) is 64.2 Å². The van der Waals surface area contributed by atoms with Gasteiger partial charge in [-0.25, -0.2) is 4.57 Å². The topological polar surface area (TPSA) is 149 Å². The van der Waals surface area contributed by atoms with Crippen molar-refractivity contribution in [3.8, 4) is 0 Å². The first-order valence-electron chi connectivity index (χ1n) is 20.3. The number of phosphoric ester groups is 1. The van der Waals surface area contributed by atoms with Crippen LogP contribution in [0.4, 0.5) is 0 Å². The van der Waals surface area contributed by atoms with E-state index in [1.165, 1.54) is 77.0 Å². The van der Waals surface area contributed by atoms with Crippen LogP contribution in [0.3, 0.4) is 0 Å². The van der Waals surface area contributed by atoms with Crippen molar-refractivity contribution in [1.82, 2.24) is 0 Å². The summed E-state index contributed by atoms with van der Waals surface area (Å²) in [6.45, 7) is 2.34. The summed E-state index contributed by atoms with van der Waals surface area (Å²) in [4.78, 5) is 34.9. The number of esters is 2. The molecule has 300 valence electrons. The van der Waals surface area contributed by atoms with E-state index in [0.29, 0.717) is 12.8 Å². The summed E-state index contributed by atoms with van der Waals surface area (Å²) in [7, 11) is -4.62. The molecule has 0 aromatic rings. The lowest BCUT2D eigenvalue weighted by atomic mass is 10.1. The van der Waals surface area contributed by atoms with Crippen molar-refractivity contribution in [2.75, 3.05) is 26.4 Å². The number of unbranched alkanes of at least 4 members (excludes halogenated alkanes) is 20. The van der Waals surface area contributed by atoms with Crippen LogP contribution in [0.25, 0.3) is 0 Å². The Morgan fingerprint density at radius 2 is 0.961 bits per heavy atom. The highest BCUT2D eigenvalue weighted by Crippen LogP contribution is 2.43. The molecule has 0 radical (unpaired) electrons. The van der Waals surface area contributed by atoms with Crippen molar-refractivity contribution in [2.24, 2.45) is 0 Å². The number of aliphatic hydroxyl groups is 2. The van der Waals surface area contributed by atoms with E-state index in [0.717, 1.165) is 64.2 Å². The largest absolute Gasteiger partial charge is 0.472 e. The molecule has 0 saturated heterocycles. The quantitative estimate of drug-likeness (QED) is 0.0241. The Morgan fingerprint density at radius 3 is 1.43 bits per heavy atom. The Balaban J connectivity index is 4.37. The second-order valence-electron chi connectivity index (χ2n) is 13.7. The third-order valence-electron chi connectivity index (χ3n) is 8.58. The van der Waals surface area contributed by atoms with Gasteiger partial charge in [0.25, 0.3) is 0 Å². The Morgan fingerprint density at radius 1 is 0.569 bits per heavy atom. The number of carbonyl (C=O) groups excluding carboxylic acids is 2. The van der Waals surface area contributed by atoms with Crippen LogP contribution in [-0.2, 0) is 32.7 Å². The normalized spacial score (nSPS) is 14.2. The molecule has 0 spiro atoms. The lowest BCUT2D eigenvalue weighted by Gasteiger charge is -2.20. The maximum absolute atomic E-state index is 12.6. The zero-order chi connectivity index (χ0) is 37.7. The SMILES string of the molecule is CCCCCCCC/C=C/CCCCCCCC(=O)O[C@H](COC(=O)CCCCC/C=C/CCCCCCCC)COP(=O)(O)OC[C@@H](O)CO. The summed E-state index contributed by atoms with van der Waals surface area (Å²) in [5.74, 6) is -0.951. The molecular formula is C40H75O10P. The molecule has 0 aliphatic rings. The number of phosphoric acid groups is 1. The summed E-state index contributed by atoms with van der Waals surface area (Å²) in [5.41, 5.74) is 0. The van der Waals surface area contributed by atoms with E-state index < -0.39 is 51.8 Å². The fraction of sp³-hybridized carbons (Fsp3) is 0.850. The van der Waals surface area contributed by atoms with Gasteiger partial charge in [-0.3, -0.25) is 18.6 Å². The number of rotatable bonds is 38. The molecule has 0 bridgehead atoms. The lowest BCUT2D eigenvalue weighted by molar-refractivity contribution is -0.161. The van der Waals surface area contributed by atoms with Crippen molar-refractivity contribution in [3.63, 3.8) is 0 Å². The zero-order valence-electron chi connectivity index (χ0n) is 32.3. The van der Waals surface area contributed by atoms with Gasteiger partial charge >= 0.3 is 19.8 Å². The molecule has 0 aromatic carbocycles. The third-order valence-corrected chi connectivity index (χ3v) is 9.53. The van der Waals surface area contributed by atoms with Crippen LogP contribution in [0.1, 0.15) is 181 Å². The van der Waals surface area contributed by atoms with E-state index in [2.05, 4.69) is 42.7 Å². The van der Waals surface area contributed by atoms with Crippen molar-refractivity contribution in [1.29, 1.82) is 0 Å². The highest BCUT2D eigenvalue weighted by atomic mass is 31.2. The van der Waals surface area contributed by atoms with Crippen molar-refractivity contribution in [2.45, 2.75) is 193 Å². The minimum absolute atomic E-state index is 0.173. The number of carbonyl (C=O) groups is 2. The van der Waals surface area contributed by atoms with Gasteiger partial charge in [-0.15, -0.1) is 0 Å². The van der Waals surface area contributed by atoms with Gasteiger partial charge < -0.3 is 24.6 Å². The van der Waals surface area contributed by atoms with Crippen molar-refractivity contribution in [3.05, 3.63) is 24.3 Å². The molecule has 0 heterocycles. The van der Waals surface area contributed by atoms with Crippen LogP contribution >= 0.6 is 7.82 Å². The van der Waals surface area contributed by atoms with E-state index >= 15 is 0 Å². The van der Waals surface area contributed by atoms with E-state index in [1.54, 1.807) is 0 Å². The van der Waals surface area contributed by atoms with E-state index in [-0.39, 0.29) is 19.4 Å². The third kappa shape index (κ3) is 36.6. The first-order valence-corrected chi connectivity index (χ1v) is 21.8. The minimum Gasteiger partial charge on any atom is -0.462 e. The Bertz CT molecular complexity index is 910. The maximum atomic E-state index is 12.6. The molecule has 11 heteroatoms. The average molecular weight is 747 g/mol. The van der Waals surface area contributed by atoms with E-state index in [4.69, 9.17) is 19.1 Å². The number of hydrogen-bond acceptors (Lipinski definition) is 9. The fourth-order valence-corrected chi connectivity index (χ4v) is 6.18. The maximum Gasteiger partial charge on any atom is 0.472 e. The van der Waals surface area contributed by atoms with Gasteiger partial charge in [0.1, 0.15) is 12.7 Å². The van der Waals surface area contributed by atoms with Gasteiger partial charge in [0.15, 0.2) is 6.10 Å². The minimum atomic E-state index is -4.62. The van der Waals surface area contributed by atoms with Gasteiger partial charge in [0, 0.05) is 12.8 Å². The highest BCUT2D eigenvalue weighted by Gasteiger charge is 2.27. The highest BCUT2D eigenvalue weighted by molar-refractivity contribution is 7.47. The van der Waals surface area contributed by atoms with E-state index in [1.807, 2.05) is 0 Å². The molecule has 0 aliphatic carbocycles. The van der Waals surface area contributed by atoms with E-state index in [9.17, 15) is 24.2 Å². The molecule has 0 amide bonds. The Labute approximate surface area is 310 Å². The average Bonchev–Trinajstić information content (AvgIpc) is 3.12. The van der Waals surface area contributed by atoms with Gasteiger partial charge in [-0.1, -0.05) is 128 Å². The molecule has 3 atom stereocenters. The summed E-state index contributed by atoms with van der Waals surface area (Å²) in [6.07, 6.45) is 34.3. The number of ether oxygens (including phenoxy) is 2. The predicted octanol–water partition coefficient (Wildman–Crippen LogP) is 10.2. The summed E-state index contributed by atoms with van der Waals surface area (Å²) in [6, 6.07) is 0. The number of aliphatic hydroxyl groups excluding tert-OH is 2. The van der Waals surface area contributed by atoms with Crippen LogP contribution < -0.4 is 0 Å². The standard InChI is InChI=1S/C40H75O10P/c1-3-5-7-9-11-13-15-17-18-20-22-24-26-28-30-32-40(44)50-38(36-49-51(45,46)48-34-37(42)33-41)35-47-39(43)31-29-27-25-23-21-19-16-14-12-10-8-6-4-2/h17-19,21,37-38,41-42H,3-16,20,22-36H2,1-2H3,(H,45,46)/b18-17+,21-19+/t37-,38+/m0/s1. The monoisotopic (exact) mass is 747 g/mol. The lowest BCUT2D eigenvalue weighted by Crippen LogP contribution is -2.29. The Hall–Kier alpha value is -1.55. The summed E-state index contributed by atoms with van der Waals surface area (Å²) >= 11 is 0. The second-order valence-corrected chi connectivity index (χ2v) is 15.1. The molecule has 0 aliphatic heterocycles. The smallest absolute Gasteiger partial charge is 0.462 e. The van der Waals surface area contributed by atoms with Crippen LogP contribution in [0, 0.1) is 0 Å². The van der Waals surface area contributed by atoms with Crippen molar-refractivity contribution >= 4 is 19.8 Å². The number of allylic oxidation sites excluding steroid dienone is 4. The second kappa shape index (κ2) is 36.8.